The maximum Gasteiger partial charge on any atom is 0.257 e. The summed E-state index contributed by atoms with van der Waals surface area (Å²) in [4.78, 5) is 29.0. The first kappa shape index (κ1) is 11.9. The molecule has 2 heterocycles. The maximum absolute atomic E-state index is 12.2. The Morgan fingerprint density at radius 1 is 1.65 bits per heavy atom. The van der Waals surface area contributed by atoms with Crippen LogP contribution >= 0.6 is 11.6 Å². The fourth-order valence-electron chi connectivity index (χ4n) is 1.76. The second kappa shape index (κ2) is 4.71. The fraction of sp³-hybridized carbons (Fsp3) is 0.364. The van der Waals surface area contributed by atoms with Gasteiger partial charge in [0, 0.05) is 19.3 Å². The van der Waals surface area contributed by atoms with Crippen molar-refractivity contribution in [3.63, 3.8) is 0 Å². The molecule has 2 rings (SSSR count). The summed E-state index contributed by atoms with van der Waals surface area (Å²) < 4.78 is 0. The summed E-state index contributed by atoms with van der Waals surface area (Å²) in [7, 11) is 0. The van der Waals surface area contributed by atoms with Crippen molar-refractivity contribution in [3.05, 3.63) is 29.0 Å². The van der Waals surface area contributed by atoms with Gasteiger partial charge in [-0.15, -0.1) is 0 Å². The molecular formula is C11H12ClN3O2. The molecular weight excluding hydrogens is 242 g/mol. The molecule has 0 radical (unpaired) electrons. The van der Waals surface area contributed by atoms with Crippen LogP contribution in [0, 0.1) is 0 Å². The highest BCUT2D eigenvalue weighted by molar-refractivity contribution is 6.32. The van der Waals surface area contributed by atoms with Crippen molar-refractivity contribution in [3.8, 4) is 0 Å². The van der Waals surface area contributed by atoms with Gasteiger partial charge in [0.1, 0.15) is 11.2 Å². The standard InChI is InChI=1S/C11H12ClN3O2/c1-7-10(16)14-5-6-15(7)11(17)8-3-2-4-13-9(8)12/h2-4,7H,5-6H2,1H3,(H,14,16). The minimum atomic E-state index is -0.479. The van der Waals surface area contributed by atoms with Crippen LogP contribution in [-0.2, 0) is 4.79 Å². The summed E-state index contributed by atoms with van der Waals surface area (Å²) in [6.07, 6.45) is 1.52. The Morgan fingerprint density at radius 3 is 3.12 bits per heavy atom. The van der Waals surface area contributed by atoms with Gasteiger partial charge in [-0.3, -0.25) is 9.59 Å². The van der Waals surface area contributed by atoms with Crippen LogP contribution in [0.3, 0.4) is 0 Å². The summed E-state index contributed by atoms with van der Waals surface area (Å²) in [6.45, 7) is 2.64. The third-order valence-electron chi connectivity index (χ3n) is 2.75. The quantitative estimate of drug-likeness (QED) is 0.750. The smallest absolute Gasteiger partial charge is 0.257 e. The molecule has 0 spiro atoms. The molecule has 1 aliphatic rings. The van der Waals surface area contributed by atoms with Crippen molar-refractivity contribution in [1.29, 1.82) is 0 Å². The lowest BCUT2D eigenvalue weighted by Gasteiger charge is -2.32. The minimum Gasteiger partial charge on any atom is -0.353 e. The Labute approximate surface area is 104 Å². The molecule has 17 heavy (non-hydrogen) atoms. The molecule has 1 atom stereocenters. The molecule has 0 aliphatic carbocycles. The molecule has 0 saturated carbocycles. The first-order chi connectivity index (χ1) is 8.11. The van der Waals surface area contributed by atoms with Gasteiger partial charge >= 0.3 is 0 Å². The van der Waals surface area contributed by atoms with E-state index in [2.05, 4.69) is 10.3 Å². The first-order valence-electron chi connectivity index (χ1n) is 5.30. The van der Waals surface area contributed by atoms with Crippen LogP contribution in [-0.4, -0.2) is 40.8 Å². The zero-order chi connectivity index (χ0) is 12.4. The number of halogens is 1. The Hall–Kier alpha value is -1.62. The molecule has 1 aliphatic heterocycles. The predicted molar refractivity (Wildman–Crippen MR) is 62.8 cm³/mol. The highest BCUT2D eigenvalue weighted by atomic mass is 35.5. The van der Waals surface area contributed by atoms with E-state index in [0.717, 1.165) is 0 Å². The van der Waals surface area contributed by atoms with Gasteiger partial charge in [0.25, 0.3) is 5.91 Å². The molecule has 1 aromatic rings. The van der Waals surface area contributed by atoms with E-state index >= 15 is 0 Å². The van der Waals surface area contributed by atoms with Crippen molar-refractivity contribution >= 4 is 23.4 Å². The Balaban J connectivity index is 2.26. The van der Waals surface area contributed by atoms with Crippen molar-refractivity contribution in [1.82, 2.24) is 15.2 Å². The predicted octanol–water partition coefficient (Wildman–Crippen LogP) is 0.695. The first-order valence-corrected chi connectivity index (χ1v) is 5.68. The van der Waals surface area contributed by atoms with Gasteiger partial charge in [0.15, 0.2) is 0 Å². The second-order valence-electron chi connectivity index (χ2n) is 3.81. The number of aromatic nitrogens is 1. The van der Waals surface area contributed by atoms with Crippen molar-refractivity contribution in [2.45, 2.75) is 13.0 Å². The molecule has 0 bridgehead atoms. The normalized spacial score (nSPS) is 20.0. The monoisotopic (exact) mass is 253 g/mol. The van der Waals surface area contributed by atoms with Crippen LogP contribution in [0.5, 0.6) is 0 Å². The second-order valence-corrected chi connectivity index (χ2v) is 4.17. The average molecular weight is 254 g/mol. The maximum atomic E-state index is 12.2. The minimum absolute atomic E-state index is 0.149. The van der Waals surface area contributed by atoms with Crippen LogP contribution in [0.2, 0.25) is 5.15 Å². The number of amides is 2. The van der Waals surface area contributed by atoms with E-state index in [1.807, 2.05) is 0 Å². The summed E-state index contributed by atoms with van der Waals surface area (Å²) >= 11 is 5.86. The van der Waals surface area contributed by atoms with Crippen LogP contribution in [0.1, 0.15) is 17.3 Å². The van der Waals surface area contributed by atoms with E-state index in [1.54, 1.807) is 19.1 Å². The van der Waals surface area contributed by atoms with Crippen LogP contribution in [0.15, 0.2) is 18.3 Å². The summed E-state index contributed by atoms with van der Waals surface area (Å²) in [5, 5.41) is 2.86. The van der Waals surface area contributed by atoms with Gasteiger partial charge in [0.2, 0.25) is 5.91 Å². The summed E-state index contributed by atoms with van der Waals surface area (Å²) in [5.41, 5.74) is 0.329. The molecule has 1 aromatic heterocycles. The van der Waals surface area contributed by atoms with E-state index in [4.69, 9.17) is 11.6 Å². The molecule has 90 valence electrons. The lowest BCUT2D eigenvalue weighted by molar-refractivity contribution is -0.127. The SMILES string of the molecule is CC1C(=O)NCCN1C(=O)c1cccnc1Cl. The van der Waals surface area contributed by atoms with E-state index in [1.165, 1.54) is 11.1 Å². The number of nitrogens with zero attached hydrogens (tertiary/aromatic N) is 2. The molecule has 1 fully saturated rings. The number of hydrogen-bond acceptors (Lipinski definition) is 3. The van der Waals surface area contributed by atoms with E-state index < -0.39 is 6.04 Å². The Kier molecular flexibility index (Phi) is 3.28. The van der Waals surface area contributed by atoms with Crippen molar-refractivity contribution in [2.24, 2.45) is 0 Å². The van der Waals surface area contributed by atoms with Crippen LogP contribution < -0.4 is 5.32 Å². The largest absolute Gasteiger partial charge is 0.353 e. The molecule has 1 saturated heterocycles. The van der Waals surface area contributed by atoms with Gasteiger partial charge in [-0.1, -0.05) is 11.6 Å². The zero-order valence-electron chi connectivity index (χ0n) is 9.31. The summed E-state index contributed by atoms with van der Waals surface area (Å²) in [6, 6.07) is 2.78. The van der Waals surface area contributed by atoms with Gasteiger partial charge in [-0.2, -0.15) is 0 Å². The third-order valence-corrected chi connectivity index (χ3v) is 3.05. The summed E-state index contributed by atoms with van der Waals surface area (Å²) in [5.74, 6) is -0.407. The number of carbonyl (C=O) groups excluding carboxylic acids is 2. The molecule has 1 unspecified atom stereocenters. The van der Waals surface area contributed by atoms with Crippen LogP contribution in [0.25, 0.3) is 0 Å². The van der Waals surface area contributed by atoms with Gasteiger partial charge in [-0.25, -0.2) is 4.98 Å². The van der Waals surface area contributed by atoms with E-state index in [9.17, 15) is 9.59 Å². The number of hydrogen-bond donors (Lipinski definition) is 1. The van der Waals surface area contributed by atoms with Gasteiger partial charge in [0.05, 0.1) is 5.56 Å². The van der Waals surface area contributed by atoms with Crippen LogP contribution in [0.4, 0.5) is 0 Å². The Bertz CT molecular complexity index is 464. The van der Waals surface area contributed by atoms with E-state index in [-0.39, 0.29) is 17.0 Å². The fourth-order valence-corrected chi connectivity index (χ4v) is 1.96. The van der Waals surface area contributed by atoms with Crippen molar-refractivity contribution < 1.29 is 9.59 Å². The van der Waals surface area contributed by atoms with Gasteiger partial charge < -0.3 is 10.2 Å². The lowest BCUT2D eigenvalue weighted by atomic mass is 10.1. The average Bonchev–Trinajstić information content (AvgIpc) is 2.32. The highest BCUT2D eigenvalue weighted by Crippen LogP contribution is 2.16. The Morgan fingerprint density at radius 2 is 2.41 bits per heavy atom. The zero-order valence-corrected chi connectivity index (χ0v) is 10.1. The molecule has 1 N–H and O–H groups in total. The highest BCUT2D eigenvalue weighted by Gasteiger charge is 2.30. The molecule has 6 heteroatoms. The number of piperazine rings is 1. The third kappa shape index (κ3) is 2.24. The molecule has 5 nitrogen and oxygen atoms in total. The van der Waals surface area contributed by atoms with Crippen molar-refractivity contribution in [2.75, 3.05) is 13.1 Å². The molecule has 2 amide bonds. The number of carbonyl (C=O) groups is 2. The molecule has 0 aromatic carbocycles. The number of rotatable bonds is 1. The lowest BCUT2D eigenvalue weighted by Crippen LogP contribution is -2.55. The number of nitrogens with one attached hydrogen (secondary N) is 1. The topological polar surface area (TPSA) is 62.3 Å². The van der Waals surface area contributed by atoms with Gasteiger partial charge in [-0.05, 0) is 19.1 Å². The van der Waals surface area contributed by atoms with E-state index in [0.29, 0.717) is 18.7 Å². The number of pyridine rings is 1.